The zero-order valence-corrected chi connectivity index (χ0v) is 12.3. The van der Waals surface area contributed by atoms with Crippen molar-refractivity contribution in [2.45, 2.75) is 39.7 Å². The van der Waals surface area contributed by atoms with Gasteiger partial charge in [-0.1, -0.05) is 27.7 Å². The zero-order valence-electron chi connectivity index (χ0n) is 11.5. The first-order valence-corrected chi connectivity index (χ1v) is 7.70. The van der Waals surface area contributed by atoms with E-state index in [2.05, 4.69) is 49.3 Å². The average molecular weight is 255 g/mol. The summed E-state index contributed by atoms with van der Waals surface area (Å²) < 4.78 is 0. The molecule has 0 bridgehead atoms. The van der Waals surface area contributed by atoms with Crippen molar-refractivity contribution in [3.05, 3.63) is 0 Å². The molecule has 0 saturated carbocycles. The van der Waals surface area contributed by atoms with E-state index in [9.17, 15) is 0 Å². The summed E-state index contributed by atoms with van der Waals surface area (Å²) in [4.78, 5) is 6.94. The first-order valence-electron chi connectivity index (χ1n) is 6.54. The number of hydrogen-bond acceptors (Lipinski definition) is 4. The molecule has 2 rings (SSSR count). The normalized spacial score (nSPS) is 32.3. The van der Waals surface area contributed by atoms with E-state index in [4.69, 9.17) is 5.73 Å². The third-order valence-electron chi connectivity index (χ3n) is 4.32. The number of guanidine groups is 1. The quantitative estimate of drug-likeness (QED) is 0.822. The van der Waals surface area contributed by atoms with Crippen LogP contribution in [0.5, 0.6) is 0 Å². The molecule has 1 saturated heterocycles. The lowest BCUT2D eigenvalue weighted by molar-refractivity contribution is 0.0587. The van der Waals surface area contributed by atoms with Gasteiger partial charge < -0.3 is 10.6 Å². The van der Waals surface area contributed by atoms with Crippen molar-refractivity contribution >= 4 is 17.7 Å². The lowest BCUT2D eigenvalue weighted by Crippen LogP contribution is -2.63. The predicted octanol–water partition coefficient (Wildman–Crippen LogP) is 2.17. The first-order chi connectivity index (χ1) is 7.89. The molecule has 1 fully saturated rings. The molecule has 2 aliphatic rings. The van der Waals surface area contributed by atoms with Gasteiger partial charge in [0.25, 0.3) is 0 Å². The minimum absolute atomic E-state index is 0.157. The Bertz CT molecular complexity index is 325. The minimum atomic E-state index is 0.157. The molecular weight excluding hydrogens is 230 g/mol. The second-order valence-electron chi connectivity index (χ2n) is 6.40. The van der Waals surface area contributed by atoms with Crippen LogP contribution in [0.2, 0.25) is 0 Å². The molecule has 0 aromatic heterocycles. The van der Waals surface area contributed by atoms with Crippen LogP contribution in [0.1, 0.15) is 34.1 Å². The molecule has 2 heterocycles. The summed E-state index contributed by atoms with van der Waals surface area (Å²) in [6, 6.07) is 0. The van der Waals surface area contributed by atoms with Gasteiger partial charge in [0.05, 0.1) is 12.1 Å². The van der Waals surface area contributed by atoms with Gasteiger partial charge in [-0.25, -0.2) is 0 Å². The lowest BCUT2D eigenvalue weighted by Gasteiger charge is -2.53. The Morgan fingerprint density at radius 1 is 1.47 bits per heavy atom. The molecule has 2 aliphatic heterocycles. The zero-order chi connectivity index (χ0) is 12.7. The molecule has 1 spiro atoms. The van der Waals surface area contributed by atoms with E-state index in [-0.39, 0.29) is 5.54 Å². The van der Waals surface area contributed by atoms with Gasteiger partial charge in [0.1, 0.15) is 0 Å². The molecule has 1 unspecified atom stereocenters. The van der Waals surface area contributed by atoms with Crippen LogP contribution in [-0.2, 0) is 0 Å². The maximum atomic E-state index is 6.12. The summed E-state index contributed by atoms with van der Waals surface area (Å²) in [7, 11) is 0. The standard InChI is InChI=1S/C13H25N3S/c1-10(2)7-16-11(14)15-8-13(16)9-17-6-5-12(13,3)4/h10H,5-9H2,1-4H3,(H2,14,15). The molecular formula is C13H25N3S. The van der Waals surface area contributed by atoms with Gasteiger partial charge in [0, 0.05) is 12.3 Å². The van der Waals surface area contributed by atoms with E-state index < -0.39 is 0 Å². The number of rotatable bonds is 2. The van der Waals surface area contributed by atoms with Crippen LogP contribution in [0.15, 0.2) is 4.99 Å². The molecule has 17 heavy (non-hydrogen) atoms. The van der Waals surface area contributed by atoms with E-state index in [0.29, 0.717) is 11.3 Å². The second-order valence-corrected chi connectivity index (χ2v) is 7.50. The number of nitrogens with zero attached hydrogens (tertiary/aromatic N) is 2. The fraction of sp³-hybridized carbons (Fsp3) is 0.923. The third kappa shape index (κ3) is 2.05. The summed E-state index contributed by atoms with van der Waals surface area (Å²) in [5.74, 6) is 3.82. The maximum absolute atomic E-state index is 6.12. The van der Waals surface area contributed by atoms with Crippen molar-refractivity contribution in [2.75, 3.05) is 24.6 Å². The van der Waals surface area contributed by atoms with Crippen LogP contribution >= 0.6 is 11.8 Å². The highest BCUT2D eigenvalue weighted by molar-refractivity contribution is 7.99. The molecule has 4 heteroatoms. The van der Waals surface area contributed by atoms with Gasteiger partial charge >= 0.3 is 0 Å². The largest absolute Gasteiger partial charge is 0.370 e. The maximum Gasteiger partial charge on any atom is 0.191 e. The Kier molecular flexibility index (Phi) is 3.36. The van der Waals surface area contributed by atoms with Crippen molar-refractivity contribution in [3.63, 3.8) is 0 Å². The van der Waals surface area contributed by atoms with Gasteiger partial charge in [0.2, 0.25) is 0 Å². The van der Waals surface area contributed by atoms with Gasteiger partial charge in [0.15, 0.2) is 5.96 Å². The number of aliphatic imine (C=N–C) groups is 1. The van der Waals surface area contributed by atoms with E-state index in [1.807, 2.05) is 0 Å². The van der Waals surface area contributed by atoms with Crippen LogP contribution in [-0.4, -0.2) is 41.0 Å². The molecule has 98 valence electrons. The Labute approximate surface area is 109 Å². The Balaban J connectivity index is 2.29. The predicted molar refractivity (Wildman–Crippen MR) is 76.5 cm³/mol. The van der Waals surface area contributed by atoms with Crippen LogP contribution in [0.4, 0.5) is 0 Å². The first kappa shape index (κ1) is 13.1. The monoisotopic (exact) mass is 255 g/mol. The molecule has 0 radical (unpaired) electrons. The van der Waals surface area contributed by atoms with Crippen molar-refractivity contribution in [2.24, 2.45) is 22.1 Å². The van der Waals surface area contributed by atoms with E-state index in [1.165, 1.54) is 12.2 Å². The van der Waals surface area contributed by atoms with E-state index in [1.54, 1.807) is 0 Å². The van der Waals surface area contributed by atoms with E-state index >= 15 is 0 Å². The van der Waals surface area contributed by atoms with Crippen molar-refractivity contribution < 1.29 is 0 Å². The second kappa shape index (κ2) is 4.38. The number of nitrogens with two attached hydrogens (primary N) is 1. The summed E-state index contributed by atoms with van der Waals surface area (Å²) in [6.45, 7) is 11.2. The Morgan fingerprint density at radius 2 is 2.18 bits per heavy atom. The third-order valence-corrected chi connectivity index (χ3v) is 5.49. The Hall–Kier alpha value is -0.380. The van der Waals surface area contributed by atoms with Gasteiger partial charge in [-0.05, 0) is 23.5 Å². The van der Waals surface area contributed by atoms with Crippen LogP contribution in [0.3, 0.4) is 0 Å². The highest BCUT2D eigenvalue weighted by atomic mass is 32.2. The van der Waals surface area contributed by atoms with Gasteiger partial charge in [-0.2, -0.15) is 11.8 Å². The SMILES string of the molecule is CC(C)CN1C(N)=NCC12CSCCC2(C)C. The van der Waals surface area contributed by atoms with Crippen molar-refractivity contribution in [3.8, 4) is 0 Å². The van der Waals surface area contributed by atoms with Crippen LogP contribution < -0.4 is 5.73 Å². The number of thioether (sulfide) groups is 1. The van der Waals surface area contributed by atoms with Crippen molar-refractivity contribution in [1.29, 1.82) is 0 Å². The average Bonchev–Trinajstić information content (AvgIpc) is 2.52. The molecule has 0 amide bonds. The molecule has 3 nitrogen and oxygen atoms in total. The topological polar surface area (TPSA) is 41.6 Å². The van der Waals surface area contributed by atoms with Crippen LogP contribution in [0.25, 0.3) is 0 Å². The lowest BCUT2D eigenvalue weighted by atomic mass is 9.70. The van der Waals surface area contributed by atoms with Crippen LogP contribution in [0, 0.1) is 11.3 Å². The fourth-order valence-electron chi connectivity index (χ4n) is 2.93. The van der Waals surface area contributed by atoms with Gasteiger partial charge in [-0.15, -0.1) is 0 Å². The van der Waals surface area contributed by atoms with Gasteiger partial charge in [-0.3, -0.25) is 4.99 Å². The molecule has 0 aliphatic carbocycles. The Morgan fingerprint density at radius 3 is 2.76 bits per heavy atom. The molecule has 0 aromatic carbocycles. The molecule has 1 atom stereocenters. The summed E-state index contributed by atoms with van der Waals surface area (Å²) in [5.41, 5.74) is 6.58. The highest BCUT2D eigenvalue weighted by Crippen LogP contribution is 2.48. The molecule has 0 aromatic rings. The van der Waals surface area contributed by atoms with Crippen molar-refractivity contribution in [1.82, 2.24) is 4.90 Å². The fourth-order valence-corrected chi connectivity index (χ4v) is 4.71. The minimum Gasteiger partial charge on any atom is -0.370 e. The summed E-state index contributed by atoms with van der Waals surface area (Å²) in [6.07, 6.45) is 1.26. The summed E-state index contributed by atoms with van der Waals surface area (Å²) in [5, 5.41) is 0. The smallest absolute Gasteiger partial charge is 0.191 e. The number of hydrogen-bond donors (Lipinski definition) is 1. The molecule has 2 N–H and O–H groups in total. The summed E-state index contributed by atoms with van der Waals surface area (Å²) >= 11 is 2.06. The highest BCUT2D eigenvalue weighted by Gasteiger charge is 2.54. The van der Waals surface area contributed by atoms with E-state index in [0.717, 1.165) is 24.8 Å².